The van der Waals surface area contributed by atoms with Crippen LogP contribution >= 0.6 is 0 Å². The second-order valence-electron chi connectivity index (χ2n) is 8.86. The minimum atomic E-state index is -0.281. The van der Waals surface area contributed by atoms with Crippen LogP contribution in [0.1, 0.15) is 28.3 Å². The molecule has 1 aliphatic heterocycles. The summed E-state index contributed by atoms with van der Waals surface area (Å²) in [6.07, 6.45) is 1.65. The van der Waals surface area contributed by atoms with Gasteiger partial charge >= 0.3 is 0 Å². The smallest absolute Gasteiger partial charge is 0.230 e. The van der Waals surface area contributed by atoms with Crippen molar-refractivity contribution in [2.75, 3.05) is 7.11 Å². The van der Waals surface area contributed by atoms with Gasteiger partial charge in [0.2, 0.25) is 11.8 Å². The lowest BCUT2D eigenvalue weighted by molar-refractivity contribution is 0.393. The normalized spacial score (nSPS) is 14.2. The first-order chi connectivity index (χ1) is 18.2. The Kier molecular flexibility index (Phi) is 4.78. The van der Waals surface area contributed by atoms with Gasteiger partial charge in [-0.3, -0.25) is 0 Å². The molecular formula is C29H22N6O2. The maximum atomic E-state index is 6.50. The van der Waals surface area contributed by atoms with Crippen LogP contribution in [0.3, 0.4) is 0 Å². The number of nitrogens with zero attached hydrogens (tertiary/aromatic N) is 6. The molecule has 0 aliphatic carbocycles. The van der Waals surface area contributed by atoms with Crippen LogP contribution < -0.4 is 9.47 Å². The molecule has 1 aliphatic rings. The van der Waals surface area contributed by atoms with Crippen LogP contribution in [0.4, 0.5) is 0 Å². The summed E-state index contributed by atoms with van der Waals surface area (Å²) in [5.74, 6) is 2.21. The molecule has 0 amide bonds. The highest BCUT2D eigenvalue weighted by Gasteiger charge is 2.39. The van der Waals surface area contributed by atoms with Crippen molar-refractivity contribution in [1.82, 2.24) is 29.4 Å². The largest absolute Gasteiger partial charge is 0.496 e. The van der Waals surface area contributed by atoms with E-state index in [0.29, 0.717) is 23.2 Å². The molecule has 0 bridgehead atoms. The Morgan fingerprint density at radius 1 is 0.838 bits per heavy atom. The number of aromatic nitrogens is 6. The highest BCUT2D eigenvalue weighted by Crippen LogP contribution is 2.51. The summed E-state index contributed by atoms with van der Waals surface area (Å²) >= 11 is 0. The van der Waals surface area contributed by atoms with E-state index >= 15 is 0 Å². The summed E-state index contributed by atoms with van der Waals surface area (Å²) in [6.45, 7) is 2.00. The van der Waals surface area contributed by atoms with Gasteiger partial charge in [-0.15, -0.1) is 5.10 Å². The van der Waals surface area contributed by atoms with Crippen molar-refractivity contribution in [3.05, 3.63) is 114 Å². The zero-order valence-electron chi connectivity index (χ0n) is 20.2. The number of aryl methyl sites for hydroxylation is 1. The second kappa shape index (κ2) is 8.30. The van der Waals surface area contributed by atoms with E-state index < -0.39 is 0 Å². The molecule has 180 valence electrons. The molecular weight excluding hydrogens is 464 g/mol. The van der Waals surface area contributed by atoms with Crippen LogP contribution in [0.25, 0.3) is 22.7 Å². The second-order valence-corrected chi connectivity index (χ2v) is 8.86. The van der Waals surface area contributed by atoms with Crippen molar-refractivity contribution < 1.29 is 9.47 Å². The highest BCUT2D eigenvalue weighted by atomic mass is 16.5. The van der Waals surface area contributed by atoms with Crippen molar-refractivity contribution in [3.8, 4) is 34.6 Å². The minimum absolute atomic E-state index is 0.281. The van der Waals surface area contributed by atoms with Crippen molar-refractivity contribution in [2.24, 2.45) is 0 Å². The third-order valence-electron chi connectivity index (χ3n) is 6.70. The van der Waals surface area contributed by atoms with Crippen LogP contribution in [0.15, 0.2) is 91.3 Å². The van der Waals surface area contributed by atoms with Crippen molar-refractivity contribution in [2.45, 2.75) is 12.8 Å². The maximum Gasteiger partial charge on any atom is 0.230 e. The van der Waals surface area contributed by atoms with Gasteiger partial charge in [0, 0.05) is 11.1 Å². The average Bonchev–Trinajstić information content (AvgIpc) is 3.54. The standard InChI is InChI=1S/C29H22N6O2/c1-18-23-24(21-15-9-10-16-22(21)36-2)25-27-31-26(19-11-5-3-6-12-19)33-34(27)17-30-28(25)37-29(23)35(32-18)20-13-7-4-8-14-20/h3-17,24H,1-2H3/t24-/m1/s1. The molecule has 0 spiro atoms. The molecule has 1 atom stereocenters. The zero-order chi connectivity index (χ0) is 24.9. The molecule has 4 heterocycles. The molecule has 6 aromatic rings. The Morgan fingerprint density at radius 3 is 2.35 bits per heavy atom. The fourth-order valence-electron chi connectivity index (χ4n) is 5.05. The van der Waals surface area contributed by atoms with Gasteiger partial charge < -0.3 is 9.47 Å². The van der Waals surface area contributed by atoms with E-state index in [1.165, 1.54) is 0 Å². The molecule has 3 aromatic carbocycles. The monoisotopic (exact) mass is 486 g/mol. The first-order valence-electron chi connectivity index (χ1n) is 12.0. The SMILES string of the molecule is COc1ccccc1[C@@H]1c2c(C)nn(-c3ccccc3)c2Oc2ncn3nc(-c4ccccc4)nc3c21. The number of hydrogen-bond donors (Lipinski definition) is 0. The molecule has 3 aromatic heterocycles. The number of hydrogen-bond acceptors (Lipinski definition) is 6. The topological polar surface area (TPSA) is 79.4 Å². The average molecular weight is 487 g/mol. The van der Waals surface area contributed by atoms with E-state index in [4.69, 9.17) is 24.7 Å². The lowest BCUT2D eigenvalue weighted by Crippen LogP contribution is -2.16. The predicted molar refractivity (Wildman–Crippen MR) is 139 cm³/mol. The van der Waals surface area contributed by atoms with E-state index in [1.807, 2.05) is 90.5 Å². The minimum Gasteiger partial charge on any atom is -0.496 e. The Morgan fingerprint density at radius 2 is 1.57 bits per heavy atom. The Balaban J connectivity index is 1.52. The first kappa shape index (κ1) is 21.3. The summed E-state index contributed by atoms with van der Waals surface area (Å²) in [7, 11) is 1.68. The van der Waals surface area contributed by atoms with Gasteiger partial charge in [0.15, 0.2) is 11.5 Å². The molecule has 7 rings (SSSR count). The first-order valence-corrected chi connectivity index (χ1v) is 12.0. The molecule has 0 fully saturated rings. The Bertz CT molecular complexity index is 1760. The third kappa shape index (κ3) is 3.30. The number of rotatable bonds is 4. The quantitative estimate of drug-likeness (QED) is 0.323. The molecule has 8 nitrogen and oxygen atoms in total. The molecule has 8 heteroatoms. The fourth-order valence-corrected chi connectivity index (χ4v) is 5.05. The molecule has 37 heavy (non-hydrogen) atoms. The molecule has 0 saturated carbocycles. The number of benzene rings is 3. The van der Waals surface area contributed by atoms with Crippen LogP contribution in [0.5, 0.6) is 17.5 Å². The van der Waals surface area contributed by atoms with Crippen molar-refractivity contribution in [3.63, 3.8) is 0 Å². The van der Waals surface area contributed by atoms with Crippen molar-refractivity contribution in [1.29, 1.82) is 0 Å². The molecule has 0 saturated heterocycles. The summed E-state index contributed by atoms with van der Waals surface area (Å²) in [6, 6.07) is 27.9. The van der Waals surface area contributed by atoms with Crippen LogP contribution in [0, 0.1) is 6.92 Å². The summed E-state index contributed by atoms with van der Waals surface area (Å²) in [5, 5.41) is 9.62. The fraction of sp³-hybridized carbons (Fsp3) is 0.103. The summed E-state index contributed by atoms with van der Waals surface area (Å²) in [4.78, 5) is 9.64. The van der Waals surface area contributed by atoms with E-state index in [0.717, 1.165) is 39.4 Å². The van der Waals surface area contributed by atoms with E-state index in [2.05, 4.69) is 11.1 Å². The lowest BCUT2D eigenvalue weighted by atomic mass is 9.84. The van der Waals surface area contributed by atoms with Gasteiger partial charge in [-0.2, -0.15) is 5.10 Å². The lowest BCUT2D eigenvalue weighted by Gasteiger charge is -2.27. The predicted octanol–water partition coefficient (Wildman–Crippen LogP) is 5.58. The van der Waals surface area contributed by atoms with Gasteiger partial charge in [0.1, 0.15) is 12.1 Å². The third-order valence-corrected chi connectivity index (χ3v) is 6.70. The molecule has 0 unspecified atom stereocenters. The van der Waals surface area contributed by atoms with E-state index in [1.54, 1.807) is 18.0 Å². The number of ether oxygens (including phenoxy) is 2. The van der Waals surface area contributed by atoms with E-state index in [9.17, 15) is 0 Å². The highest BCUT2D eigenvalue weighted by molar-refractivity contribution is 5.69. The van der Waals surface area contributed by atoms with Gasteiger partial charge in [-0.25, -0.2) is 19.2 Å². The molecule has 0 N–H and O–H groups in total. The number of fused-ring (bicyclic) bond motifs is 4. The summed E-state index contributed by atoms with van der Waals surface area (Å²) in [5.41, 5.74) is 6.11. The number of methoxy groups -OCH3 is 1. The van der Waals surface area contributed by atoms with E-state index in [-0.39, 0.29) is 5.92 Å². The number of para-hydroxylation sites is 2. The van der Waals surface area contributed by atoms with Crippen LogP contribution in [0.2, 0.25) is 0 Å². The van der Waals surface area contributed by atoms with Crippen LogP contribution in [-0.2, 0) is 0 Å². The Hall–Kier alpha value is -4.98. The van der Waals surface area contributed by atoms with Crippen LogP contribution in [-0.4, -0.2) is 36.5 Å². The van der Waals surface area contributed by atoms with Crippen molar-refractivity contribution >= 4 is 5.65 Å². The van der Waals surface area contributed by atoms with Gasteiger partial charge in [-0.1, -0.05) is 66.7 Å². The Labute approximate surface area is 212 Å². The zero-order valence-corrected chi connectivity index (χ0v) is 20.2. The van der Waals surface area contributed by atoms with Gasteiger partial charge in [0.05, 0.1) is 35.5 Å². The maximum absolute atomic E-state index is 6.50. The molecule has 0 radical (unpaired) electrons. The summed E-state index contributed by atoms with van der Waals surface area (Å²) < 4.78 is 15.9. The van der Waals surface area contributed by atoms with Gasteiger partial charge in [0.25, 0.3) is 0 Å². The van der Waals surface area contributed by atoms with Gasteiger partial charge in [-0.05, 0) is 25.1 Å².